The molecule has 1 heteroatoms. The molecule has 0 bridgehead atoms. The maximum atomic E-state index is 2.30. The average Bonchev–Trinajstić information content (AvgIpc) is 2.95. The van der Waals surface area contributed by atoms with Crippen LogP contribution in [-0.2, 0) is 0 Å². The summed E-state index contributed by atoms with van der Waals surface area (Å²) in [7, 11) is 0. The van der Waals surface area contributed by atoms with Gasteiger partial charge in [0.1, 0.15) is 0 Å². The third kappa shape index (κ3) is 6.45. The quantitative estimate of drug-likeness (QED) is 0.199. The Morgan fingerprint density at radius 3 is 1.15 bits per heavy atom. The van der Waals surface area contributed by atoms with Crippen molar-refractivity contribution in [1.29, 1.82) is 0 Å². The van der Waals surface area contributed by atoms with Crippen molar-refractivity contribution in [2.24, 2.45) is 0 Å². The molecular formula is C38H35N. The Morgan fingerprint density at radius 2 is 0.769 bits per heavy atom. The lowest BCUT2D eigenvalue weighted by molar-refractivity contribution is 1.27. The van der Waals surface area contributed by atoms with E-state index in [2.05, 4.69) is 172 Å². The number of benzene rings is 5. The number of hydrogen-bond donors (Lipinski definition) is 0. The van der Waals surface area contributed by atoms with Gasteiger partial charge in [0, 0.05) is 17.1 Å². The number of nitrogens with zero attached hydrogens (tertiary/aromatic N) is 1. The standard InChI is InChI=1S/C38H35N/c1-28-8-18-33(19-9-28)38(34-20-10-29(2)11-21-34)7-5-6-32-16-26-37(27-17-32)39(35-22-12-30(3)13-23-35)36-24-14-31(4)15-25-36/h5-27H,1-4H3. The van der Waals surface area contributed by atoms with Crippen LogP contribution in [0.25, 0.3) is 11.6 Å². The maximum Gasteiger partial charge on any atom is 0.0462 e. The van der Waals surface area contributed by atoms with E-state index >= 15 is 0 Å². The Hall–Kier alpha value is -4.62. The molecule has 0 fully saturated rings. The average molecular weight is 506 g/mol. The van der Waals surface area contributed by atoms with Crippen molar-refractivity contribution in [2.75, 3.05) is 4.90 Å². The molecule has 5 aromatic rings. The van der Waals surface area contributed by atoms with E-state index in [0.717, 1.165) is 22.6 Å². The summed E-state index contributed by atoms with van der Waals surface area (Å²) < 4.78 is 0. The van der Waals surface area contributed by atoms with Gasteiger partial charge in [-0.15, -0.1) is 0 Å². The molecule has 5 rings (SSSR count). The highest BCUT2D eigenvalue weighted by molar-refractivity contribution is 5.82. The van der Waals surface area contributed by atoms with Gasteiger partial charge in [-0.3, -0.25) is 0 Å². The molecule has 0 spiro atoms. The molecule has 0 amide bonds. The van der Waals surface area contributed by atoms with Gasteiger partial charge in [-0.05, 0) is 86.4 Å². The van der Waals surface area contributed by atoms with Crippen molar-refractivity contribution in [1.82, 2.24) is 0 Å². The summed E-state index contributed by atoms with van der Waals surface area (Å²) in [5.41, 5.74) is 13.3. The Morgan fingerprint density at radius 1 is 0.436 bits per heavy atom. The topological polar surface area (TPSA) is 3.24 Å². The first-order chi connectivity index (χ1) is 19.0. The zero-order valence-corrected chi connectivity index (χ0v) is 23.2. The molecule has 5 aromatic carbocycles. The summed E-state index contributed by atoms with van der Waals surface area (Å²) >= 11 is 0. The Labute approximate surface area is 233 Å². The third-order valence-electron chi connectivity index (χ3n) is 7.01. The first-order valence-corrected chi connectivity index (χ1v) is 13.5. The molecule has 0 heterocycles. The van der Waals surface area contributed by atoms with E-state index in [4.69, 9.17) is 0 Å². The fourth-order valence-electron chi connectivity index (χ4n) is 4.65. The van der Waals surface area contributed by atoms with Gasteiger partial charge in [0.25, 0.3) is 0 Å². The SMILES string of the molecule is Cc1ccc(C(=CC=Cc2ccc(N(c3ccc(C)cc3)c3ccc(C)cc3)cc2)c2ccc(C)cc2)cc1. The molecule has 0 N–H and O–H groups in total. The third-order valence-corrected chi connectivity index (χ3v) is 7.01. The van der Waals surface area contributed by atoms with Crippen molar-refractivity contribution in [3.63, 3.8) is 0 Å². The second-order valence-corrected chi connectivity index (χ2v) is 10.3. The molecule has 192 valence electrons. The molecule has 0 aliphatic rings. The van der Waals surface area contributed by atoms with Gasteiger partial charge in [0.15, 0.2) is 0 Å². The van der Waals surface area contributed by atoms with Crippen LogP contribution >= 0.6 is 0 Å². The van der Waals surface area contributed by atoms with Gasteiger partial charge in [0.05, 0.1) is 0 Å². The number of rotatable bonds is 7. The molecule has 39 heavy (non-hydrogen) atoms. The number of allylic oxidation sites excluding steroid dienone is 2. The lowest BCUT2D eigenvalue weighted by Crippen LogP contribution is -2.09. The van der Waals surface area contributed by atoms with Crippen LogP contribution in [0.3, 0.4) is 0 Å². The maximum absolute atomic E-state index is 2.30. The summed E-state index contributed by atoms with van der Waals surface area (Å²) in [5, 5.41) is 0. The predicted octanol–water partition coefficient (Wildman–Crippen LogP) is 10.5. The summed E-state index contributed by atoms with van der Waals surface area (Å²) in [6.07, 6.45) is 6.55. The molecular weight excluding hydrogens is 470 g/mol. The predicted molar refractivity (Wildman–Crippen MR) is 169 cm³/mol. The second-order valence-electron chi connectivity index (χ2n) is 10.3. The minimum absolute atomic E-state index is 1.13. The van der Waals surface area contributed by atoms with E-state index in [1.54, 1.807) is 0 Å². The monoisotopic (exact) mass is 505 g/mol. The molecule has 0 saturated carbocycles. The lowest BCUT2D eigenvalue weighted by atomic mass is 9.96. The van der Waals surface area contributed by atoms with Gasteiger partial charge in [-0.25, -0.2) is 0 Å². The van der Waals surface area contributed by atoms with Crippen LogP contribution in [-0.4, -0.2) is 0 Å². The van der Waals surface area contributed by atoms with Gasteiger partial charge >= 0.3 is 0 Å². The first kappa shape index (κ1) is 26.0. The van der Waals surface area contributed by atoms with Crippen LogP contribution in [0.1, 0.15) is 38.9 Å². The van der Waals surface area contributed by atoms with Crippen molar-refractivity contribution < 1.29 is 0 Å². The summed E-state index contributed by atoms with van der Waals surface area (Å²) in [5.74, 6) is 0. The Balaban J connectivity index is 1.44. The van der Waals surface area contributed by atoms with Gasteiger partial charge in [-0.1, -0.05) is 125 Å². The van der Waals surface area contributed by atoms with Crippen molar-refractivity contribution in [2.45, 2.75) is 27.7 Å². The largest absolute Gasteiger partial charge is 0.311 e. The van der Waals surface area contributed by atoms with Crippen molar-refractivity contribution in [3.8, 4) is 0 Å². The van der Waals surface area contributed by atoms with Crippen molar-refractivity contribution >= 4 is 28.7 Å². The molecule has 1 nitrogen and oxygen atoms in total. The zero-order valence-electron chi connectivity index (χ0n) is 23.2. The highest BCUT2D eigenvalue weighted by atomic mass is 15.1. The van der Waals surface area contributed by atoms with Gasteiger partial charge in [0.2, 0.25) is 0 Å². The van der Waals surface area contributed by atoms with Gasteiger partial charge in [-0.2, -0.15) is 0 Å². The summed E-state index contributed by atoms with van der Waals surface area (Å²) in [4.78, 5) is 2.30. The highest BCUT2D eigenvalue weighted by Crippen LogP contribution is 2.35. The molecule has 0 aliphatic carbocycles. The van der Waals surface area contributed by atoms with Crippen LogP contribution in [0.2, 0.25) is 0 Å². The van der Waals surface area contributed by atoms with Gasteiger partial charge < -0.3 is 4.90 Å². The van der Waals surface area contributed by atoms with E-state index < -0.39 is 0 Å². The molecule has 0 saturated heterocycles. The van der Waals surface area contributed by atoms with Crippen LogP contribution < -0.4 is 4.90 Å². The van der Waals surface area contributed by atoms with Crippen LogP contribution in [0.15, 0.2) is 133 Å². The Kier molecular flexibility index (Phi) is 7.89. The fraction of sp³-hybridized carbons (Fsp3) is 0.105. The summed E-state index contributed by atoms with van der Waals surface area (Å²) in [6.45, 7) is 8.50. The molecule has 0 aliphatic heterocycles. The molecule has 0 unspecified atom stereocenters. The fourth-order valence-corrected chi connectivity index (χ4v) is 4.65. The minimum Gasteiger partial charge on any atom is -0.311 e. The summed E-state index contributed by atoms with van der Waals surface area (Å²) in [6, 6.07) is 43.7. The minimum atomic E-state index is 1.13. The number of anilines is 3. The smallest absolute Gasteiger partial charge is 0.0462 e. The van der Waals surface area contributed by atoms with E-state index in [9.17, 15) is 0 Å². The van der Waals surface area contributed by atoms with Crippen LogP contribution in [0.4, 0.5) is 17.1 Å². The Bertz CT molecular complexity index is 1470. The van der Waals surface area contributed by atoms with E-state index in [0.29, 0.717) is 0 Å². The first-order valence-electron chi connectivity index (χ1n) is 13.5. The number of hydrogen-bond acceptors (Lipinski definition) is 1. The molecule has 0 atom stereocenters. The normalized spacial score (nSPS) is 11.0. The van der Waals surface area contributed by atoms with Crippen LogP contribution in [0.5, 0.6) is 0 Å². The van der Waals surface area contributed by atoms with Crippen molar-refractivity contribution in [3.05, 3.63) is 172 Å². The lowest BCUT2D eigenvalue weighted by Gasteiger charge is -2.25. The second kappa shape index (κ2) is 11.8. The zero-order chi connectivity index (χ0) is 27.2. The highest BCUT2D eigenvalue weighted by Gasteiger charge is 2.12. The van der Waals surface area contributed by atoms with Crippen LogP contribution in [0, 0.1) is 27.7 Å². The van der Waals surface area contributed by atoms with E-state index in [-0.39, 0.29) is 0 Å². The molecule has 0 aromatic heterocycles. The van der Waals surface area contributed by atoms with E-state index in [1.807, 2.05) is 0 Å². The number of aryl methyl sites for hydroxylation is 4. The van der Waals surface area contributed by atoms with E-state index in [1.165, 1.54) is 39.0 Å². The molecule has 0 radical (unpaired) electrons.